The first-order valence-electron chi connectivity index (χ1n) is 8.23. The molecule has 1 N–H and O–H groups in total. The number of nitrogens with one attached hydrogen (secondary N) is 1. The van der Waals surface area contributed by atoms with Gasteiger partial charge in [0.15, 0.2) is 24.7 Å². The summed E-state index contributed by atoms with van der Waals surface area (Å²) in [6, 6.07) is 6.03. The van der Waals surface area contributed by atoms with Gasteiger partial charge in [-0.3, -0.25) is 4.79 Å². The number of likely N-dealkylation sites (tertiary alicyclic amines) is 1. The number of ether oxygens (including phenoxy) is 2. The Morgan fingerprint density at radius 1 is 1.28 bits per heavy atom. The molecule has 1 fully saturated rings. The van der Waals surface area contributed by atoms with E-state index in [1.807, 2.05) is 7.05 Å². The molecule has 0 spiro atoms. The Morgan fingerprint density at radius 3 is 2.60 bits per heavy atom. The van der Waals surface area contributed by atoms with Crippen LogP contribution < -0.4 is 14.8 Å². The lowest BCUT2D eigenvalue weighted by atomic mass is 9.98. The van der Waals surface area contributed by atoms with Gasteiger partial charge in [0.05, 0.1) is 0 Å². The van der Waals surface area contributed by atoms with E-state index in [2.05, 4.69) is 5.32 Å². The van der Waals surface area contributed by atoms with E-state index < -0.39 is 12.8 Å². The summed E-state index contributed by atoms with van der Waals surface area (Å²) >= 11 is 0. The number of piperidine rings is 1. The number of alkyl halides is 3. The normalized spacial score (nSPS) is 18.1. The number of rotatable bonds is 7. The van der Waals surface area contributed by atoms with E-state index in [9.17, 15) is 18.0 Å². The molecule has 25 heavy (non-hydrogen) atoms. The fourth-order valence-electron chi connectivity index (χ4n) is 2.83. The fourth-order valence-corrected chi connectivity index (χ4v) is 2.83. The van der Waals surface area contributed by atoms with E-state index in [0.29, 0.717) is 19.0 Å². The molecule has 1 atom stereocenters. The maximum atomic E-state index is 12.3. The molecule has 0 saturated carbocycles. The van der Waals surface area contributed by atoms with Crippen LogP contribution in [0.3, 0.4) is 0 Å². The number of benzene rings is 1. The first-order chi connectivity index (χ1) is 11.9. The van der Waals surface area contributed by atoms with Crippen LogP contribution in [0.15, 0.2) is 24.3 Å². The molecule has 0 aliphatic carbocycles. The molecule has 5 nitrogen and oxygen atoms in total. The number of amides is 1. The van der Waals surface area contributed by atoms with Gasteiger partial charge in [0.1, 0.15) is 0 Å². The second-order valence-corrected chi connectivity index (χ2v) is 6.04. The summed E-state index contributed by atoms with van der Waals surface area (Å²) < 4.78 is 47.1. The van der Waals surface area contributed by atoms with Gasteiger partial charge in [0.25, 0.3) is 5.91 Å². The number of halogens is 3. The summed E-state index contributed by atoms with van der Waals surface area (Å²) in [4.78, 5) is 14.1. The molecule has 1 saturated heterocycles. The second kappa shape index (κ2) is 8.94. The van der Waals surface area contributed by atoms with Crippen molar-refractivity contribution in [3.8, 4) is 11.5 Å². The quantitative estimate of drug-likeness (QED) is 0.812. The Morgan fingerprint density at radius 2 is 1.96 bits per heavy atom. The molecule has 2 rings (SSSR count). The van der Waals surface area contributed by atoms with Crippen LogP contribution >= 0.6 is 0 Å². The summed E-state index contributed by atoms with van der Waals surface area (Å²) in [5.41, 5.74) is 0. The van der Waals surface area contributed by atoms with Crippen molar-refractivity contribution in [1.29, 1.82) is 0 Å². The van der Waals surface area contributed by atoms with E-state index in [1.165, 1.54) is 12.1 Å². The van der Waals surface area contributed by atoms with Crippen molar-refractivity contribution in [3.63, 3.8) is 0 Å². The molecule has 1 aliphatic rings. The zero-order valence-electron chi connectivity index (χ0n) is 14.1. The van der Waals surface area contributed by atoms with Crippen molar-refractivity contribution < 1.29 is 27.4 Å². The number of carbonyl (C=O) groups excluding carboxylic acids is 1. The van der Waals surface area contributed by atoms with Crippen molar-refractivity contribution >= 4 is 5.91 Å². The van der Waals surface area contributed by atoms with Crippen molar-refractivity contribution in [2.24, 2.45) is 5.92 Å². The Kier molecular flexibility index (Phi) is 6.92. The van der Waals surface area contributed by atoms with Crippen LogP contribution in [-0.2, 0) is 4.79 Å². The summed E-state index contributed by atoms with van der Waals surface area (Å²) in [5.74, 6) is 0.333. The standard InChI is InChI=1S/C17H23F3N2O3/c1-21-9-13-5-4-8-22(10-13)16(23)11-24-14-6-2-3-7-15(14)25-12-17(18,19)20/h2-3,6-7,13,21H,4-5,8-12H2,1H3. The lowest BCUT2D eigenvalue weighted by molar-refractivity contribution is -0.153. The van der Waals surface area contributed by atoms with Crippen LogP contribution in [0.4, 0.5) is 13.2 Å². The topological polar surface area (TPSA) is 50.8 Å². The van der Waals surface area contributed by atoms with Crippen LogP contribution in [0.2, 0.25) is 0 Å². The van der Waals surface area contributed by atoms with Gasteiger partial charge in [-0.2, -0.15) is 13.2 Å². The van der Waals surface area contributed by atoms with E-state index in [0.717, 1.165) is 19.4 Å². The third kappa shape index (κ3) is 6.45. The average Bonchev–Trinajstić information content (AvgIpc) is 2.58. The van der Waals surface area contributed by atoms with Crippen LogP contribution in [0.5, 0.6) is 11.5 Å². The molecular formula is C17H23F3N2O3. The molecule has 1 aliphatic heterocycles. The molecule has 0 bridgehead atoms. The van der Waals surface area contributed by atoms with Crippen molar-refractivity contribution in [1.82, 2.24) is 10.2 Å². The Balaban J connectivity index is 1.89. The molecule has 1 aromatic carbocycles. The predicted molar refractivity (Wildman–Crippen MR) is 86.7 cm³/mol. The molecule has 0 radical (unpaired) electrons. The third-order valence-corrected chi connectivity index (χ3v) is 3.96. The zero-order chi connectivity index (χ0) is 18.3. The minimum atomic E-state index is -4.43. The maximum Gasteiger partial charge on any atom is 0.422 e. The lowest BCUT2D eigenvalue weighted by Gasteiger charge is -2.32. The second-order valence-electron chi connectivity index (χ2n) is 6.04. The highest BCUT2D eigenvalue weighted by Gasteiger charge is 2.29. The molecule has 1 amide bonds. The van der Waals surface area contributed by atoms with E-state index in [1.54, 1.807) is 17.0 Å². The largest absolute Gasteiger partial charge is 0.480 e. The van der Waals surface area contributed by atoms with Crippen LogP contribution in [0.1, 0.15) is 12.8 Å². The summed E-state index contributed by atoms with van der Waals surface area (Å²) in [6.07, 6.45) is -2.43. The maximum absolute atomic E-state index is 12.3. The van der Waals surface area contributed by atoms with Gasteiger partial charge in [-0.15, -0.1) is 0 Å². The summed E-state index contributed by atoms with van der Waals surface area (Å²) in [7, 11) is 1.88. The Bertz CT molecular complexity index is 564. The van der Waals surface area contributed by atoms with Gasteiger partial charge < -0.3 is 19.7 Å². The van der Waals surface area contributed by atoms with Crippen LogP contribution in [0.25, 0.3) is 0 Å². The van der Waals surface area contributed by atoms with Gasteiger partial charge in [-0.05, 0) is 44.5 Å². The van der Waals surface area contributed by atoms with E-state index in [4.69, 9.17) is 9.47 Å². The zero-order valence-corrected chi connectivity index (χ0v) is 14.1. The SMILES string of the molecule is CNCC1CCCN(C(=O)COc2ccccc2OCC(F)(F)F)C1. The lowest BCUT2D eigenvalue weighted by Crippen LogP contribution is -2.44. The fraction of sp³-hybridized carbons (Fsp3) is 0.588. The molecule has 140 valence electrons. The van der Waals surface area contributed by atoms with E-state index >= 15 is 0 Å². The smallest absolute Gasteiger partial charge is 0.422 e. The molecular weight excluding hydrogens is 337 g/mol. The first kappa shape index (κ1) is 19.4. The highest BCUT2D eigenvalue weighted by molar-refractivity contribution is 5.78. The first-order valence-corrected chi connectivity index (χ1v) is 8.23. The van der Waals surface area contributed by atoms with Crippen molar-refractivity contribution in [2.75, 3.05) is 39.9 Å². The number of hydrogen-bond donors (Lipinski definition) is 1. The number of hydrogen-bond acceptors (Lipinski definition) is 4. The van der Waals surface area contributed by atoms with E-state index in [-0.39, 0.29) is 24.0 Å². The van der Waals surface area contributed by atoms with Crippen molar-refractivity contribution in [3.05, 3.63) is 24.3 Å². The Labute approximate surface area is 145 Å². The van der Waals surface area contributed by atoms with Gasteiger partial charge in [-0.25, -0.2) is 0 Å². The highest BCUT2D eigenvalue weighted by Crippen LogP contribution is 2.28. The van der Waals surface area contributed by atoms with Gasteiger partial charge >= 0.3 is 6.18 Å². The third-order valence-electron chi connectivity index (χ3n) is 3.96. The molecule has 1 aromatic rings. The highest BCUT2D eigenvalue weighted by atomic mass is 19.4. The Hall–Kier alpha value is -1.96. The van der Waals surface area contributed by atoms with Gasteiger partial charge in [0, 0.05) is 13.1 Å². The molecule has 1 heterocycles. The summed E-state index contributed by atoms with van der Waals surface area (Å²) in [6.45, 7) is 0.556. The summed E-state index contributed by atoms with van der Waals surface area (Å²) in [5, 5.41) is 3.11. The van der Waals surface area contributed by atoms with Crippen LogP contribution in [-0.4, -0.2) is 56.9 Å². The van der Waals surface area contributed by atoms with Crippen molar-refractivity contribution in [2.45, 2.75) is 19.0 Å². The van der Waals surface area contributed by atoms with Crippen LogP contribution in [0, 0.1) is 5.92 Å². The predicted octanol–water partition coefficient (Wildman–Crippen LogP) is 2.46. The number of para-hydroxylation sites is 2. The minimum absolute atomic E-state index is 0.0284. The monoisotopic (exact) mass is 360 g/mol. The molecule has 1 unspecified atom stereocenters. The number of carbonyl (C=O) groups is 1. The number of nitrogens with zero attached hydrogens (tertiary/aromatic N) is 1. The van der Waals surface area contributed by atoms with Gasteiger partial charge in [-0.1, -0.05) is 12.1 Å². The van der Waals surface area contributed by atoms with Gasteiger partial charge in [0.2, 0.25) is 0 Å². The molecule has 8 heteroatoms. The molecule has 0 aromatic heterocycles. The minimum Gasteiger partial charge on any atom is -0.480 e. The average molecular weight is 360 g/mol.